The number of aromatic nitrogens is 1. The third-order valence-corrected chi connectivity index (χ3v) is 5.30. The number of benzene rings is 1. The molecular formula is C20H21NO4S. The van der Waals surface area contributed by atoms with Gasteiger partial charge in [-0.05, 0) is 37.6 Å². The maximum atomic E-state index is 11.4. The minimum atomic E-state index is -0.304. The molecule has 5 nitrogen and oxygen atoms in total. The van der Waals surface area contributed by atoms with E-state index in [-0.39, 0.29) is 5.97 Å². The van der Waals surface area contributed by atoms with Gasteiger partial charge in [-0.3, -0.25) is 4.79 Å². The minimum Gasteiger partial charge on any atom is -0.489 e. The van der Waals surface area contributed by atoms with Gasteiger partial charge in [0, 0.05) is 39.2 Å². The molecule has 136 valence electrons. The van der Waals surface area contributed by atoms with Gasteiger partial charge >= 0.3 is 5.97 Å². The van der Waals surface area contributed by atoms with Crippen LogP contribution in [0.25, 0.3) is 10.1 Å². The van der Waals surface area contributed by atoms with E-state index < -0.39 is 0 Å². The number of methoxy groups -OCH3 is 1. The Bertz CT molecular complexity index is 948. The van der Waals surface area contributed by atoms with Gasteiger partial charge in [0.2, 0.25) is 5.88 Å². The molecule has 0 amide bonds. The molecule has 26 heavy (non-hydrogen) atoms. The Labute approximate surface area is 156 Å². The number of aryl methyl sites for hydroxylation is 2. The van der Waals surface area contributed by atoms with E-state index in [0.29, 0.717) is 18.2 Å². The van der Waals surface area contributed by atoms with Gasteiger partial charge in [-0.15, -0.1) is 11.3 Å². The molecule has 0 bridgehead atoms. The molecule has 2 heterocycles. The van der Waals surface area contributed by atoms with Crippen molar-refractivity contribution >= 4 is 27.4 Å². The number of carbonyl (C=O) groups excluding carboxylic acids is 1. The summed E-state index contributed by atoms with van der Waals surface area (Å²) in [6.45, 7) is 5.83. The Morgan fingerprint density at radius 2 is 2.04 bits per heavy atom. The number of pyridine rings is 1. The molecule has 0 N–H and O–H groups in total. The molecule has 3 rings (SSSR count). The molecule has 0 aliphatic rings. The lowest BCUT2D eigenvalue weighted by Gasteiger charge is -2.09. The molecule has 0 atom stereocenters. The first-order chi connectivity index (χ1) is 12.5. The molecule has 0 unspecified atom stereocenters. The summed E-state index contributed by atoms with van der Waals surface area (Å²) in [5.41, 5.74) is 1.89. The van der Waals surface area contributed by atoms with E-state index in [4.69, 9.17) is 14.2 Å². The average Bonchev–Trinajstić information content (AvgIpc) is 2.97. The van der Waals surface area contributed by atoms with E-state index in [9.17, 15) is 4.79 Å². The molecule has 3 aromatic rings. The third-order valence-electron chi connectivity index (χ3n) is 4.02. The van der Waals surface area contributed by atoms with E-state index in [0.717, 1.165) is 38.4 Å². The van der Waals surface area contributed by atoms with Gasteiger partial charge < -0.3 is 14.2 Å². The predicted molar refractivity (Wildman–Crippen MR) is 102 cm³/mol. The summed E-state index contributed by atoms with van der Waals surface area (Å²) >= 11 is 1.62. The molecule has 0 fully saturated rings. The Morgan fingerprint density at radius 3 is 2.69 bits per heavy atom. The van der Waals surface area contributed by atoms with E-state index in [1.165, 1.54) is 6.92 Å². The number of ether oxygens (including phenoxy) is 3. The summed E-state index contributed by atoms with van der Waals surface area (Å²) in [4.78, 5) is 16.8. The molecule has 6 heteroatoms. The van der Waals surface area contributed by atoms with Crippen molar-refractivity contribution in [1.29, 1.82) is 0 Å². The average molecular weight is 371 g/mol. The summed E-state index contributed by atoms with van der Waals surface area (Å²) in [6, 6.07) is 9.61. The number of nitrogens with zero attached hydrogens (tertiary/aromatic N) is 1. The maximum absolute atomic E-state index is 11.4. The van der Waals surface area contributed by atoms with Crippen molar-refractivity contribution in [2.75, 3.05) is 7.11 Å². The lowest BCUT2D eigenvalue weighted by atomic mass is 10.2. The largest absolute Gasteiger partial charge is 0.489 e. The fourth-order valence-electron chi connectivity index (χ4n) is 2.68. The quantitative estimate of drug-likeness (QED) is 0.589. The monoisotopic (exact) mass is 371 g/mol. The topological polar surface area (TPSA) is 57.6 Å². The Kier molecular flexibility index (Phi) is 5.42. The molecule has 0 saturated heterocycles. The highest BCUT2D eigenvalue weighted by Gasteiger charge is 2.15. The zero-order valence-corrected chi connectivity index (χ0v) is 16.1. The van der Waals surface area contributed by atoms with Crippen LogP contribution < -0.4 is 14.2 Å². The summed E-state index contributed by atoms with van der Waals surface area (Å²) in [5.74, 6) is 1.73. The first-order valence-corrected chi connectivity index (χ1v) is 9.20. The Morgan fingerprint density at radius 1 is 1.23 bits per heavy atom. The first kappa shape index (κ1) is 18.2. The van der Waals surface area contributed by atoms with Crippen LogP contribution in [0.15, 0.2) is 30.3 Å². The van der Waals surface area contributed by atoms with Crippen LogP contribution in [0.3, 0.4) is 0 Å². The van der Waals surface area contributed by atoms with Gasteiger partial charge in [0.05, 0.1) is 7.11 Å². The van der Waals surface area contributed by atoms with Crippen molar-refractivity contribution in [3.8, 4) is 17.4 Å². The van der Waals surface area contributed by atoms with E-state index in [1.807, 2.05) is 37.3 Å². The Hall–Kier alpha value is -2.60. The number of esters is 1. The van der Waals surface area contributed by atoms with Crippen molar-refractivity contribution in [2.45, 2.75) is 33.8 Å². The standard InChI is InChI=1S/C20H21NO4S/c1-5-17-20(25-13(3)22)16-8-7-15(10-18(16)26-17)24-11-14-6-9-19(23-4)21-12(14)2/h6-10H,5,11H2,1-4H3. The lowest BCUT2D eigenvalue weighted by molar-refractivity contribution is -0.131. The number of hydrogen-bond donors (Lipinski definition) is 0. The number of hydrogen-bond acceptors (Lipinski definition) is 6. The molecule has 2 aromatic heterocycles. The van der Waals surface area contributed by atoms with Crippen LogP contribution in [-0.2, 0) is 17.8 Å². The summed E-state index contributed by atoms with van der Waals surface area (Å²) in [6.07, 6.45) is 0.814. The zero-order valence-electron chi connectivity index (χ0n) is 15.3. The van der Waals surface area contributed by atoms with Gasteiger partial charge in [-0.25, -0.2) is 4.98 Å². The van der Waals surface area contributed by atoms with Crippen LogP contribution in [0.1, 0.15) is 30.0 Å². The van der Waals surface area contributed by atoms with Crippen molar-refractivity contribution in [3.05, 3.63) is 46.5 Å². The lowest BCUT2D eigenvalue weighted by Crippen LogP contribution is -2.02. The highest BCUT2D eigenvalue weighted by molar-refractivity contribution is 7.19. The fraction of sp³-hybridized carbons (Fsp3) is 0.300. The summed E-state index contributed by atoms with van der Waals surface area (Å²) in [7, 11) is 1.60. The maximum Gasteiger partial charge on any atom is 0.308 e. The zero-order chi connectivity index (χ0) is 18.7. The van der Waals surface area contributed by atoms with Crippen molar-refractivity contribution in [1.82, 2.24) is 4.98 Å². The van der Waals surface area contributed by atoms with Gasteiger partial charge in [0.15, 0.2) is 5.75 Å². The normalized spacial score (nSPS) is 10.8. The van der Waals surface area contributed by atoms with Crippen molar-refractivity contribution in [2.24, 2.45) is 0 Å². The number of thiophene rings is 1. The van der Waals surface area contributed by atoms with Crippen LogP contribution in [0.5, 0.6) is 17.4 Å². The minimum absolute atomic E-state index is 0.304. The third kappa shape index (κ3) is 3.80. The fourth-order valence-corrected chi connectivity index (χ4v) is 3.78. The number of rotatable bonds is 6. The van der Waals surface area contributed by atoms with Crippen LogP contribution >= 0.6 is 11.3 Å². The van der Waals surface area contributed by atoms with Gasteiger partial charge in [0.1, 0.15) is 12.4 Å². The second-order valence-electron chi connectivity index (χ2n) is 5.85. The molecule has 0 aliphatic carbocycles. The second-order valence-corrected chi connectivity index (χ2v) is 6.98. The van der Waals surface area contributed by atoms with Crippen molar-refractivity contribution in [3.63, 3.8) is 0 Å². The van der Waals surface area contributed by atoms with Crippen LogP contribution in [0, 0.1) is 6.92 Å². The van der Waals surface area contributed by atoms with Crippen LogP contribution in [0.2, 0.25) is 0 Å². The highest BCUT2D eigenvalue weighted by atomic mass is 32.1. The molecule has 0 radical (unpaired) electrons. The van der Waals surface area contributed by atoms with E-state index in [2.05, 4.69) is 11.9 Å². The van der Waals surface area contributed by atoms with Crippen LogP contribution in [0.4, 0.5) is 0 Å². The van der Waals surface area contributed by atoms with Gasteiger partial charge in [0.25, 0.3) is 0 Å². The molecule has 0 spiro atoms. The Balaban J connectivity index is 1.82. The molecule has 1 aromatic carbocycles. The van der Waals surface area contributed by atoms with Crippen LogP contribution in [-0.4, -0.2) is 18.1 Å². The number of carbonyl (C=O) groups is 1. The molecule has 0 aliphatic heterocycles. The number of fused-ring (bicyclic) bond motifs is 1. The first-order valence-electron chi connectivity index (χ1n) is 8.39. The second kappa shape index (κ2) is 7.74. The summed E-state index contributed by atoms with van der Waals surface area (Å²) < 4.78 is 17.5. The molecular weight excluding hydrogens is 350 g/mol. The van der Waals surface area contributed by atoms with Crippen molar-refractivity contribution < 1.29 is 19.0 Å². The SMILES string of the molecule is CCc1sc2cc(OCc3ccc(OC)nc3C)ccc2c1OC(C)=O. The molecule has 0 saturated carbocycles. The van der Waals surface area contributed by atoms with Gasteiger partial charge in [-0.2, -0.15) is 0 Å². The summed E-state index contributed by atoms with van der Waals surface area (Å²) in [5, 5.41) is 0.941. The highest BCUT2D eigenvalue weighted by Crippen LogP contribution is 2.40. The van der Waals surface area contributed by atoms with E-state index in [1.54, 1.807) is 18.4 Å². The van der Waals surface area contributed by atoms with Gasteiger partial charge in [-0.1, -0.05) is 6.92 Å². The predicted octanol–water partition coefficient (Wildman–Crippen LogP) is 4.68. The van der Waals surface area contributed by atoms with E-state index >= 15 is 0 Å². The smallest absolute Gasteiger partial charge is 0.308 e.